The van der Waals surface area contributed by atoms with E-state index in [4.69, 9.17) is 4.42 Å². The number of anilines is 1. The minimum Gasteiger partial charge on any atom is -0.423 e. The molecule has 0 atom stereocenters. The number of allylic oxidation sites excluding steroid dienone is 1. The highest BCUT2D eigenvalue weighted by Crippen LogP contribution is 2.37. The molecule has 1 aliphatic heterocycles. The van der Waals surface area contributed by atoms with E-state index < -0.39 is 0 Å². The van der Waals surface area contributed by atoms with Gasteiger partial charge >= 0.3 is 6.85 Å². The lowest BCUT2D eigenvalue weighted by Crippen LogP contribution is -2.62. The summed E-state index contributed by atoms with van der Waals surface area (Å²) >= 11 is 0. The van der Waals surface area contributed by atoms with Crippen LogP contribution in [0.15, 0.2) is 70.7 Å². The Bertz CT molecular complexity index is 1260. The zero-order chi connectivity index (χ0) is 20.1. The van der Waals surface area contributed by atoms with Gasteiger partial charge in [-0.25, -0.2) is 9.55 Å². The topological polar surface area (TPSA) is 33.2 Å². The van der Waals surface area contributed by atoms with Gasteiger partial charge in [-0.1, -0.05) is 41.9 Å². The molecule has 0 unspecified atom stereocenters. The van der Waals surface area contributed by atoms with Crippen molar-refractivity contribution in [2.45, 2.75) is 13.8 Å². The van der Waals surface area contributed by atoms with Gasteiger partial charge in [-0.2, -0.15) is 0 Å². The van der Waals surface area contributed by atoms with Crippen molar-refractivity contribution in [2.24, 2.45) is 7.05 Å². The molecule has 4 nitrogen and oxygen atoms in total. The summed E-state index contributed by atoms with van der Waals surface area (Å²) in [6.45, 7) is 4.28. The molecule has 0 bridgehead atoms. The molecule has 4 heterocycles. The molecule has 1 aliphatic rings. The fourth-order valence-corrected chi connectivity index (χ4v) is 4.31. The summed E-state index contributed by atoms with van der Waals surface area (Å²) in [4.78, 5) is 6.81. The minimum absolute atomic E-state index is 0.0952. The lowest BCUT2D eigenvalue weighted by atomic mass is 9.49. The van der Waals surface area contributed by atoms with Crippen molar-refractivity contribution in [3.8, 4) is 11.1 Å². The van der Waals surface area contributed by atoms with E-state index in [9.17, 15) is 0 Å². The molecule has 0 saturated heterocycles. The van der Waals surface area contributed by atoms with Gasteiger partial charge in [0.05, 0.1) is 0 Å². The van der Waals surface area contributed by atoms with Crippen LogP contribution in [0.1, 0.15) is 18.2 Å². The van der Waals surface area contributed by atoms with Crippen LogP contribution in [0.25, 0.3) is 28.3 Å². The second-order valence-corrected chi connectivity index (χ2v) is 7.85. The first kappa shape index (κ1) is 17.7. The molecule has 4 aromatic rings. The quantitative estimate of drug-likeness (QED) is 0.390. The van der Waals surface area contributed by atoms with Gasteiger partial charge in [-0.05, 0) is 44.2 Å². The Morgan fingerprint density at radius 1 is 1.00 bits per heavy atom. The van der Waals surface area contributed by atoms with Gasteiger partial charge in [0.15, 0.2) is 17.7 Å². The van der Waals surface area contributed by atoms with E-state index in [-0.39, 0.29) is 6.85 Å². The van der Waals surface area contributed by atoms with Crippen LogP contribution in [0.3, 0.4) is 0 Å². The van der Waals surface area contributed by atoms with Gasteiger partial charge in [-0.3, -0.25) is 0 Å². The van der Waals surface area contributed by atoms with E-state index in [0.29, 0.717) is 5.71 Å². The third-order valence-corrected chi connectivity index (χ3v) is 5.80. The predicted molar refractivity (Wildman–Crippen MR) is 119 cm³/mol. The summed E-state index contributed by atoms with van der Waals surface area (Å²) in [6, 6.07) is 19.1. The van der Waals surface area contributed by atoms with E-state index in [2.05, 4.69) is 90.1 Å². The fraction of sp³-hybridized carbons (Fsp3) is 0.167. The highest BCUT2D eigenvalue weighted by molar-refractivity contribution is 6.82. The molecule has 0 saturated carbocycles. The molecule has 0 amide bonds. The van der Waals surface area contributed by atoms with Crippen molar-refractivity contribution in [3.63, 3.8) is 0 Å². The van der Waals surface area contributed by atoms with E-state index in [0.717, 1.165) is 22.5 Å². The van der Waals surface area contributed by atoms with Crippen LogP contribution in [-0.2, 0) is 7.05 Å². The summed E-state index contributed by atoms with van der Waals surface area (Å²) < 4.78 is 8.39. The number of fused-ring (bicyclic) bond motifs is 3. The second kappa shape index (κ2) is 6.62. The smallest absolute Gasteiger partial charge is 0.401 e. The predicted octanol–water partition coefficient (Wildman–Crippen LogP) is 3.92. The van der Waals surface area contributed by atoms with Gasteiger partial charge in [0.2, 0.25) is 5.71 Å². The monoisotopic (exact) mass is 380 g/mol. The Morgan fingerprint density at radius 3 is 2.59 bits per heavy atom. The summed E-state index contributed by atoms with van der Waals surface area (Å²) in [5, 5.41) is 1.07. The zero-order valence-corrected chi connectivity index (χ0v) is 17.2. The maximum atomic E-state index is 6.20. The molecule has 142 valence electrons. The van der Waals surface area contributed by atoms with Gasteiger partial charge in [0, 0.05) is 28.8 Å². The number of aromatic nitrogens is 2. The average molecular weight is 380 g/mol. The third kappa shape index (κ3) is 2.85. The molecule has 29 heavy (non-hydrogen) atoms. The summed E-state index contributed by atoms with van der Waals surface area (Å²) in [5.74, 6) is 0.874. The largest absolute Gasteiger partial charge is 0.423 e. The van der Waals surface area contributed by atoms with Crippen LogP contribution >= 0.6 is 0 Å². The van der Waals surface area contributed by atoms with Crippen molar-refractivity contribution < 1.29 is 8.98 Å². The maximum absolute atomic E-state index is 6.20. The molecule has 0 fully saturated rings. The molecule has 5 heteroatoms. The number of hydrogen-bond acceptors (Lipinski definition) is 3. The van der Waals surface area contributed by atoms with E-state index >= 15 is 0 Å². The van der Waals surface area contributed by atoms with Crippen molar-refractivity contribution in [1.29, 1.82) is 0 Å². The van der Waals surface area contributed by atoms with Crippen LogP contribution < -0.4 is 15.0 Å². The average Bonchev–Trinajstić information content (AvgIpc) is 3.07. The van der Waals surface area contributed by atoms with Crippen LogP contribution in [-0.4, -0.2) is 18.9 Å². The first-order valence-electron chi connectivity index (χ1n) is 9.89. The Morgan fingerprint density at radius 2 is 1.79 bits per heavy atom. The molecule has 0 aliphatic carbocycles. The molecule has 0 radical (unpaired) electrons. The number of furan rings is 1. The number of rotatable bonds is 2. The number of nitrogens with zero attached hydrogens (tertiary/aromatic N) is 3. The lowest BCUT2D eigenvalue weighted by molar-refractivity contribution is -0.654. The summed E-state index contributed by atoms with van der Waals surface area (Å²) in [6.07, 6.45) is 4.38. The van der Waals surface area contributed by atoms with Crippen LogP contribution in [0.4, 0.5) is 5.88 Å². The highest BCUT2D eigenvalue weighted by Gasteiger charge is 2.39. The highest BCUT2D eigenvalue weighted by atomic mass is 16.4. The fourth-order valence-electron chi connectivity index (χ4n) is 4.31. The Balaban J connectivity index is 1.64. The zero-order valence-electron chi connectivity index (χ0n) is 17.2. The lowest BCUT2D eigenvalue weighted by Gasteiger charge is -2.28. The molecular weight excluding hydrogens is 357 g/mol. The van der Waals surface area contributed by atoms with Gasteiger partial charge < -0.3 is 9.23 Å². The Hall–Kier alpha value is -3.34. The summed E-state index contributed by atoms with van der Waals surface area (Å²) in [7, 11) is 4.20. The van der Waals surface area contributed by atoms with E-state index in [1.807, 2.05) is 19.1 Å². The van der Waals surface area contributed by atoms with Gasteiger partial charge in [0.1, 0.15) is 7.05 Å². The Kier molecular flexibility index (Phi) is 4.05. The van der Waals surface area contributed by atoms with E-state index in [1.54, 1.807) is 0 Å². The first-order chi connectivity index (χ1) is 14.0. The maximum Gasteiger partial charge on any atom is 0.401 e. The van der Waals surface area contributed by atoms with E-state index in [1.165, 1.54) is 22.2 Å². The van der Waals surface area contributed by atoms with Gasteiger partial charge in [0.25, 0.3) is 0 Å². The molecule has 0 spiro atoms. The van der Waals surface area contributed by atoms with Crippen molar-refractivity contribution >= 4 is 35.5 Å². The molecule has 5 rings (SSSR count). The normalized spacial score (nSPS) is 13.6. The first-order valence-corrected chi connectivity index (χ1v) is 9.89. The molecular formula is C24H23BN3O+. The molecule has 1 aromatic carbocycles. The molecule has 0 N–H and O–H groups in total. The Labute approximate surface area is 171 Å². The number of benzene rings is 1. The van der Waals surface area contributed by atoms with Crippen LogP contribution in [0.2, 0.25) is 0 Å². The molecule has 3 aromatic heterocycles. The number of aryl methyl sites for hydroxylation is 2. The van der Waals surface area contributed by atoms with Crippen LogP contribution in [0.5, 0.6) is 0 Å². The standard InChI is InChI=1S/C24H23BN3O/c1-16-14-21-20-11-10-17(2)26-23(20)29-24(21)28(4)25(16)22-15-19(12-13-27(22)3)18-8-6-5-7-9-18/h5-15H,1-4H3/q+1. The summed E-state index contributed by atoms with van der Waals surface area (Å²) in [5.41, 5.74) is 7.72. The van der Waals surface area contributed by atoms with Crippen molar-refractivity contribution in [1.82, 2.24) is 4.98 Å². The third-order valence-electron chi connectivity index (χ3n) is 5.80. The van der Waals surface area contributed by atoms with Crippen LogP contribution in [0, 0.1) is 6.92 Å². The van der Waals surface area contributed by atoms with Crippen molar-refractivity contribution in [3.05, 3.63) is 77.5 Å². The SMILES string of the molecule is CC1=Cc2c(oc3nc(C)ccc23)N(C)B1c1cc(-c2ccccc2)cc[n+]1C. The minimum atomic E-state index is 0.0952. The second-order valence-electron chi connectivity index (χ2n) is 7.85. The van der Waals surface area contributed by atoms with Gasteiger partial charge in [-0.15, -0.1) is 0 Å². The van der Waals surface area contributed by atoms with Crippen molar-refractivity contribution in [2.75, 3.05) is 11.9 Å². The number of pyridine rings is 2. The number of hydrogen-bond donors (Lipinski definition) is 0.